The number of hydrogen-bond donors (Lipinski definition) is 1. The van der Waals surface area contributed by atoms with Crippen molar-refractivity contribution in [3.63, 3.8) is 0 Å². The molecule has 0 heterocycles. The van der Waals surface area contributed by atoms with Crippen LogP contribution in [0.25, 0.3) is 0 Å². The topological polar surface area (TPSA) is 79.2 Å². The molecule has 0 saturated heterocycles. The summed E-state index contributed by atoms with van der Waals surface area (Å²) in [6.07, 6.45) is 0. The van der Waals surface area contributed by atoms with Crippen LogP contribution in [0.4, 0.5) is 0 Å². The highest BCUT2D eigenvalue weighted by Crippen LogP contribution is 2.16. The lowest BCUT2D eigenvalue weighted by molar-refractivity contribution is -0.118. The fourth-order valence-electron chi connectivity index (χ4n) is 1.22. The highest BCUT2D eigenvalue weighted by Gasteiger charge is 2.07. The van der Waals surface area contributed by atoms with E-state index >= 15 is 0 Å². The third-order valence-electron chi connectivity index (χ3n) is 2.15. The van der Waals surface area contributed by atoms with Crippen LogP contribution in [0.5, 0.6) is 5.75 Å². The molecule has 0 aliphatic carbocycles. The number of ether oxygens (including phenoxy) is 1. The van der Waals surface area contributed by atoms with Gasteiger partial charge >= 0.3 is 0 Å². The number of rotatable bonds is 6. The van der Waals surface area contributed by atoms with Gasteiger partial charge in [-0.05, 0) is 12.1 Å². The van der Waals surface area contributed by atoms with Gasteiger partial charge < -0.3 is 10.1 Å². The molecule has 1 N–H and O–H groups in total. The normalized spacial score (nSPS) is 11.3. The first kappa shape index (κ1) is 14.2. The molecular weight excluding hydrogens is 252 g/mol. The summed E-state index contributed by atoms with van der Waals surface area (Å²) in [6.45, 7) is 0.211. The van der Waals surface area contributed by atoms with Crippen LogP contribution in [-0.2, 0) is 15.6 Å². The van der Waals surface area contributed by atoms with Gasteiger partial charge in [-0.25, -0.2) is 0 Å². The minimum absolute atomic E-state index is 0.0280. The van der Waals surface area contributed by atoms with Gasteiger partial charge in [0.25, 0.3) is 0 Å². The fraction of sp³-hybridized carbons (Fsp3) is 0.333. The molecule has 1 unspecified atom stereocenters. The Morgan fingerprint density at radius 1 is 1.50 bits per heavy atom. The van der Waals surface area contributed by atoms with Crippen LogP contribution < -0.4 is 10.1 Å². The number of nitrogens with one attached hydrogen (secondary N) is 1. The lowest BCUT2D eigenvalue weighted by Gasteiger charge is -2.07. The molecular formula is C12H14N2O3S. The van der Waals surface area contributed by atoms with Crippen LogP contribution in [0.15, 0.2) is 24.3 Å². The molecule has 1 atom stereocenters. The Hall–Kier alpha value is -1.87. The number of para-hydroxylation sites is 1. The first-order valence-corrected chi connectivity index (χ1v) is 6.83. The van der Waals surface area contributed by atoms with Crippen molar-refractivity contribution in [1.29, 1.82) is 5.26 Å². The third kappa shape index (κ3) is 4.55. The molecule has 0 bridgehead atoms. The van der Waals surface area contributed by atoms with E-state index in [0.29, 0.717) is 11.3 Å². The first-order chi connectivity index (χ1) is 8.67. The highest BCUT2D eigenvalue weighted by molar-refractivity contribution is 7.85. The number of hydrogen-bond acceptors (Lipinski definition) is 4. The van der Waals surface area contributed by atoms with Gasteiger partial charge in [-0.2, -0.15) is 5.26 Å². The summed E-state index contributed by atoms with van der Waals surface area (Å²) in [7, 11) is 0.247. The van der Waals surface area contributed by atoms with Crippen LogP contribution >= 0.6 is 0 Å². The smallest absolute Gasteiger partial charge is 0.232 e. The van der Waals surface area contributed by atoms with Crippen molar-refractivity contribution in [2.45, 2.75) is 0 Å². The van der Waals surface area contributed by atoms with E-state index in [1.165, 1.54) is 7.05 Å². The number of nitrogens with zero attached hydrogens (tertiary/aromatic N) is 1. The average molecular weight is 266 g/mol. The highest BCUT2D eigenvalue weighted by atomic mass is 32.2. The van der Waals surface area contributed by atoms with Crippen LogP contribution in [0.1, 0.15) is 5.56 Å². The Morgan fingerprint density at radius 2 is 2.22 bits per heavy atom. The molecule has 5 nitrogen and oxygen atoms in total. The van der Waals surface area contributed by atoms with Crippen molar-refractivity contribution in [3.8, 4) is 11.8 Å². The van der Waals surface area contributed by atoms with Crippen LogP contribution in [-0.4, -0.2) is 35.3 Å². The molecule has 0 aliphatic rings. The molecule has 0 aromatic heterocycles. The lowest BCUT2D eigenvalue weighted by Crippen LogP contribution is -2.26. The van der Waals surface area contributed by atoms with E-state index in [4.69, 9.17) is 10.00 Å². The Kier molecular flexibility index (Phi) is 5.88. The van der Waals surface area contributed by atoms with Gasteiger partial charge in [0, 0.05) is 17.8 Å². The number of nitriles is 1. The minimum Gasteiger partial charge on any atom is -0.491 e. The zero-order valence-electron chi connectivity index (χ0n) is 10.0. The first-order valence-electron chi connectivity index (χ1n) is 5.35. The van der Waals surface area contributed by atoms with Gasteiger partial charge in [0.1, 0.15) is 17.6 Å². The molecule has 0 spiro atoms. The molecule has 1 amide bonds. The maximum atomic E-state index is 11.5. The van der Waals surface area contributed by atoms with E-state index in [1.807, 2.05) is 6.07 Å². The summed E-state index contributed by atoms with van der Waals surface area (Å²) in [5.74, 6) is 0.440. The second kappa shape index (κ2) is 7.45. The summed E-state index contributed by atoms with van der Waals surface area (Å²) in [5.41, 5.74) is 0.439. The van der Waals surface area contributed by atoms with Crippen LogP contribution in [0, 0.1) is 11.3 Å². The summed E-state index contributed by atoms with van der Waals surface area (Å²) >= 11 is 0. The van der Waals surface area contributed by atoms with Gasteiger partial charge in [0.05, 0.1) is 17.9 Å². The fourth-order valence-corrected chi connectivity index (χ4v) is 2.07. The van der Waals surface area contributed by atoms with Crippen molar-refractivity contribution in [1.82, 2.24) is 5.32 Å². The average Bonchev–Trinajstić information content (AvgIpc) is 2.39. The molecule has 1 aromatic rings. The van der Waals surface area contributed by atoms with Crippen LogP contribution in [0.3, 0.4) is 0 Å². The largest absolute Gasteiger partial charge is 0.491 e. The van der Waals surface area contributed by atoms with Crippen molar-refractivity contribution >= 4 is 16.7 Å². The van der Waals surface area contributed by atoms with Crippen molar-refractivity contribution in [2.24, 2.45) is 0 Å². The Labute approximate surface area is 108 Å². The van der Waals surface area contributed by atoms with Crippen molar-refractivity contribution in [2.75, 3.05) is 25.2 Å². The predicted octanol–water partition coefficient (Wildman–Crippen LogP) is 0.432. The quantitative estimate of drug-likeness (QED) is 0.810. The van der Waals surface area contributed by atoms with Gasteiger partial charge in [-0.1, -0.05) is 12.1 Å². The Balaban J connectivity index is 2.40. The van der Waals surface area contributed by atoms with E-state index in [0.717, 1.165) is 0 Å². The summed E-state index contributed by atoms with van der Waals surface area (Å²) in [6, 6.07) is 8.85. The number of benzene rings is 1. The molecule has 6 heteroatoms. The van der Waals surface area contributed by atoms with E-state index < -0.39 is 10.8 Å². The van der Waals surface area contributed by atoms with E-state index in [9.17, 15) is 9.00 Å². The molecule has 0 fully saturated rings. The van der Waals surface area contributed by atoms with E-state index in [-0.39, 0.29) is 24.0 Å². The molecule has 96 valence electrons. The van der Waals surface area contributed by atoms with Crippen molar-refractivity contribution < 1.29 is 13.7 Å². The van der Waals surface area contributed by atoms with Gasteiger partial charge in [-0.15, -0.1) is 0 Å². The maximum Gasteiger partial charge on any atom is 0.232 e. The van der Waals surface area contributed by atoms with Crippen molar-refractivity contribution in [3.05, 3.63) is 29.8 Å². The molecule has 1 aromatic carbocycles. The minimum atomic E-state index is -1.25. The SMILES string of the molecule is CNC(=O)CS(=O)CCOc1ccccc1C#N. The molecule has 0 aliphatic heterocycles. The second-order valence-electron chi connectivity index (χ2n) is 3.42. The Bertz CT molecular complexity index is 482. The lowest BCUT2D eigenvalue weighted by atomic mass is 10.2. The standard InChI is InChI=1S/C12H14N2O3S/c1-14-12(15)9-18(16)7-6-17-11-5-3-2-4-10(11)8-13/h2-5H,6-7,9H2,1H3,(H,14,15). The predicted molar refractivity (Wildman–Crippen MR) is 68.6 cm³/mol. The molecule has 1 rings (SSSR count). The van der Waals surface area contributed by atoms with Gasteiger partial charge in [0.15, 0.2) is 0 Å². The maximum absolute atomic E-state index is 11.5. The van der Waals surface area contributed by atoms with Crippen LogP contribution in [0.2, 0.25) is 0 Å². The van der Waals surface area contributed by atoms with E-state index in [1.54, 1.807) is 24.3 Å². The summed E-state index contributed by atoms with van der Waals surface area (Å²) in [4.78, 5) is 11.0. The second-order valence-corrected chi connectivity index (χ2v) is 4.99. The molecule has 0 radical (unpaired) electrons. The third-order valence-corrected chi connectivity index (χ3v) is 3.35. The summed E-state index contributed by atoms with van der Waals surface area (Å²) < 4.78 is 16.8. The van der Waals surface area contributed by atoms with E-state index in [2.05, 4.69) is 5.32 Å². The van der Waals surface area contributed by atoms with Gasteiger partial charge in [-0.3, -0.25) is 9.00 Å². The zero-order chi connectivity index (χ0) is 13.4. The summed E-state index contributed by atoms with van der Waals surface area (Å²) in [5, 5.41) is 11.2. The zero-order valence-corrected chi connectivity index (χ0v) is 10.8. The monoisotopic (exact) mass is 266 g/mol. The van der Waals surface area contributed by atoms with Gasteiger partial charge in [0.2, 0.25) is 5.91 Å². The molecule has 18 heavy (non-hydrogen) atoms. The number of carbonyl (C=O) groups excluding carboxylic acids is 1. The molecule has 0 saturated carbocycles. The Morgan fingerprint density at radius 3 is 2.89 bits per heavy atom. The number of amides is 1. The number of carbonyl (C=O) groups is 1.